The molecule has 4 nitrogen and oxygen atoms in total. The fraction of sp³-hybridized carbons (Fsp3) is 1.00. The summed E-state index contributed by atoms with van der Waals surface area (Å²) in [5, 5.41) is 2.55. The van der Waals surface area contributed by atoms with Crippen molar-refractivity contribution in [3.8, 4) is 0 Å². The maximum Gasteiger partial charge on any atom is 0.402 e. The molecule has 0 aliphatic carbocycles. The maximum absolute atomic E-state index is 11.4. The van der Waals surface area contributed by atoms with E-state index in [2.05, 4.69) is 5.09 Å². The third-order valence-electron chi connectivity index (χ3n) is 1.57. The van der Waals surface area contributed by atoms with Gasteiger partial charge in [0.15, 0.2) is 0 Å². The van der Waals surface area contributed by atoms with Gasteiger partial charge in [-0.15, -0.1) is 0 Å². The smallest absolute Gasteiger partial charge is 0.312 e. The molecule has 2 N–H and O–H groups in total. The molecule has 5 heteroatoms. The van der Waals surface area contributed by atoms with Crippen LogP contribution in [0.3, 0.4) is 0 Å². The number of rotatable bonds is 6. The summed E-state index contributed by atoms with van der Waals surface area (Å²) >= 11 is 0. The number of hydrogen-bond donors (Lipinski definition) is 2. The Hall–Kier alpha value is 0.110. The summed E-state index contributed by atoms with van der Waals surface area (Å²) in [5.41, 5.74) is -0.0213. The van der Waals surface area contributed by atoms with Crippen LogP contribution in [-0.2, 0) is 9.09 Å². The molecule has 0 saturated heterocycles. The largest absolute Gasteiger partial charge is 0.402 e. The summed E-state index contributed by atoms with van der Waals surface area (Å²) in [6.45, 7) is 8.78. The van der Waals surface area contributed by atoms with Crippen molar-refractivity contribution in [3.05, 3.63) is 0 Å². The summed E-state index contributed by atoms with van der Waals surface area (Å²) in [6, 6.07) is 0. The van der Waals surface area contributed by atoms with Crippen LogP contribution in [0.4, 0.5) is 0 Å². The van der Waals surface area contributed by atoms with E-state index in [0.29, 0.717) is 13.2 Å². The highest BCUT2D eigenvalue weighted by Gasteiger charge is 2.21. The molecule has 0 aliphatic heterocycles. The Morgan fingerprint density at radius 1 is 1.43 bits per heavy atom. The minimum Gasteiger partial charge on any atom is -0.312 e. The fourth-order valence-electron chi connectivity index (χ4n) is 0.715. The first-order valence-corrected chi connectivity index (χ1v) is 6.57. The van der Waals surface area contributed by atoms with Gasteiger partial charge in [-0.2, -0.15) is 0 Å². The van der Waals surface area contributed by atoms with Gasteiger partial charge in [-0.25, -0.2) is 9.65 Å². The van der Waals surface area contributed by atoms with Gasteiger partial charge in [0.25, 0.3) is 0 Å². The summed E-state index contributed by atoms with van der Waals surface area (Å²) in [5.74, 6) is 0. The van der Waals surface area contributed by atoms with Crippen LogP contribution in [-0.4, -0.2) is 18.0 Å². The number of nitrogens with one attached hydrogen (secondary N) is 1. The molecule has 14 heavy (non-hydrogen) atoms. The molecule has 0 radical (unpaired) electrons. The molecule has 0 amide bonds. The van der Waals surface area contributed by atoms with Crippen LogP contribution >= 0.6 is 7.75 Å². The summed E-state index contributed by atoms with van der Waals surface area (Å²) in [7, 11) is -3.57. The zero-order chi connectivity index (χ0) is 11.2. The van der Waals surface area contributed by atoms with E-state index in [9.17, 15) is 9.46 Å². The summed E-state index contributed by atoms with van der Waals surface area (Å²) in [4.78, 5) is 9.33. The van der Waals surface area contributed by atoms with Crippen LogP contribution < -0.4 is 5.09 Å². The number of hydrogen-bond acceptors (Lipinski definition) is 2. The van der Waals surface area contributed by atoms with Gasteiger partial charge in [0.2, 0.25) is 0 Å². The average Bonchev–Trinajstić information content (AvgIpc) is 2.00. The monoisotopic (exact) mass is 223 g/mol. The molecule has 0 aromatic heterocycles. The second-order valence-corrected chi connectivity index (χ2v) is 6.22. The zero-order valence-corrected chi connectivity index (χ0v) is 10.4. The molecule has 86 valence electrons. The lowest BCUT2D eigenvalue weighted by molar-refractivity contribution is 0.239. The Kier molecular flexibility index (Phi) is 5.91. The lowest BCUT2D eigenvalue weighted by Gasteiger charge is -2.21. The first-order valence-electron chi connectivity index (χ1n) is 4.99. The van der Waals surface area contributed by atoms with Crippen molar-refractivity contribution < 1.29 is 14.0 Å². The van der Waals surface area contributed by atoms with Crippen LogP contribution in [0.25, 0.3) is 0 Å². The van der Waals surface area contributed by atoms with Crippen LogP contribution in [0.1, 0.15) is 40.5 Å². The van der Waals surface area contributed by atoms with Gasteiger partial charge in [-0.05, 0) is 11.8 Å². The topological polar surface area (TPSA) is 58.6 Å². The van der Waals surface area contributed by atoms with E-state index in [0.717, 1.165) is 12.8 Å². The molecule has 0 aromatic rings. The van der Waals surface area contributed by atoms with Gasteiger partial charge in [-0.3, -0.25) is 4.52 Å². The van der Waals surface area contributed by atoms with Crippen molar-refractivity contribution in [2.75, 3.05) is 13.2 Å². The Morgan fingerprint density at radius 3 is 2.43 bits per heavy atom. The second-order valence-electron chi connectivity index (χ2n) is 4.60. The van der Waals surface area contributed by atoms with Crippen molar-refractivity contribution in [2.24, 2.45) is 5.41 Å². The minimum absolute atomic E-state index is 0.0213. The van der Waals surface area contributed by atoms with E-state index in [1.807, 2.05) is 27.7 Å². The summed E-state index contributed by atoms with van der Waals surface area (Å²) in [6.07, 6.45) is 1.76. The normalized spacial score (nSPS) is 16.6. The standard InChI is InChI=1S/C9H22NO3P/c1-5-6-7-13-14(11,12)10-8-9(2,3)4/h5-8H2,1-4H3,(H2,10,11,12). The van der Waals surface area contributed by atoms with Crippen LogP contribution in [0.15, 0.2) is 0 Å². The summed E-state index contributed by atoms with van der Waals surface area (Å²) < 4.78 is 16.2. The van der Waals surface area contributed by atoms with Crippen molar-refractivity contribution in [1.29, 1.82) is 0 Å². The molecule has 0 saturated carbocycles. The van der Waals surface area contributed by atoms with Crippen LogP contribution in [0.2, 0.25) is 0 Å². The molecule has 0 bridgehead atoms. The van der Waals surface area contributed by atoms with Crippen molar-refractivity contribution in [1.82, 2.24) is 5.09 Å². The Morgan fingerprint density at radius 2 is 2.00 bits per heavy atom. The Bertz CT molecular complexity index is 201. The van der Waals surface area contributed by atoms with E-state index >= 15 is 0 Å². The lowest BCUT2D eigenvalue weighted by atomic mass is 9.98. The second kappa shape index (κ2) is 5.86. The average molecular weight is 223 g/mol. The van der Waals surface area contributed by atoms with E-state index in [1.54, 1.807) is 0 Å². The highest BCUT2D eigenvalue weighted by atomic mass is 31.2. The lowest BCUT2D eigenvalue weighted by Crippen LogP contribution is -2.25. The highest BCUT2D eigenvalue weighted by Crippen LogP contribution is 2.37. The van der Waals surface area contributed by atoms with Crippen molar-refractivity contribution in [2.45, 2.75) is 40.5 Å². The van der Waals surface area contributed by atoms with Crippen LogP contribution in [0, 0.1) is 5.41 Å². The van der Waals surface area contributed by atoms with Gasteiger partial charge in [0.1, 0.15) is 0 Å². The minimum atomic E-state index is -3.57. The van der Waals surface area contributed by atoms with E-state index in [1.165, 1.54) is 0 Å². The third-order valence-corrected chi connectivity index (χ3v) is 2.66. The van der Waals surface area contributed by atoms with E-state index in [4.69, 9.17) is 4.52 Å². The quantitative estimate of drug-likeness (QED) is 0.536. The highest BCUT2D eigenvalue weighted by molar-refractivity contribution is 7.50. The zero-order valence-electron chi connectivity index (χ0n) is 9.54. The molecular weight excluding hydrogens is 201 g/mol. The molecule has 0 heterocycles. The molecule has 0 aromatic carbocycles. The molecule has 0 aliphatic rings. The SMILES string of the molecule is CCCCOP(=O)(O)NCC(C)(C)C. The van der Waals surface area contributed by atoms with E-state index in [-0.39, 0.29) is 5.41 Å². The third kappa shape index (κ3) is 8.70. The maximum atomic E-state index is 11.4. The molecule has 0 rings (SSSR count). The molecule has 1 atom stereocenters. The predicted molar refractivity (Wildman–Crippen MR) is 58.1 cm³/mol. The van der Waals surface area contributed by atoms with Crippen molar-refractivity contribution in [3.63, 3.8) is 0 Å². The predicted octanol–water partition coefficient (Wildman–Crippen LogP) is 2.54. The first kappa shape index (κ1) is 14.1. The Balaban J connectivity index is 3.78. The van der Waals surface area contributed by atoms with Gasteiger partial charge >= 0.3 is 7.75 Å². The van der Waals surface area contributed by atoms with Crippen molar-refractivity contribution >= 4 is 7.75 Å². The van der Waals surface area contributed by atoms with Gasteiger partial charge < -0.3 is 4.89 Å². The fourth-order valence-corrected chi connectivity index (χ4v) is 1.86. The molecule has 0 spiro atoms. The van der Waals surface area contributed by atoms with Gasteiger partial charge in [-0.1, -0.05) is 34.1 Å². The molecule has 1 unspecified atom stereocenters. The van der Waals surface area contributed by atoms with Gasteiger partial charge in [0.05, 0.1) is 6.61 Å². The van der Waals surface area contributed by atoms with Crippen LogP contribution in [0.5, 0.6) is 0 Å². The molecular formula is C9H22NO3P. The number of unbranched alkanes of at least 4 members (excludes halogenated alkanes) is 1. The van der Waals surface area contributed by atoms with Gasteiger partial charge in [0, 0.05) is 6.54 Å². The molecule has 0 fully saturated rings. The Labute approximate surface area is 86.6 Å². The first-order chi connectivity index (χ1) is 6.27. The van der Waals surface area contributed by atoms with E-state index < -0.39 is 7.75 Å².